The van der Waals surface area contributed by atoms with E-state index in [2.05, 4.69) is 22.8 Å². The van der Waals surface area contributed by atoms with Crippen molar-refractivity contribution in [3.05, 3.63) is 59.7 Å². The molecule has 0 spiro atoms. The van der Waals surface area contributed by atoms with E-state index in [4.69, 9.17) is 4.74 Å². The number of nitrogens with one attached hydrogen (secondary N) is 2. The fourth-order valence-electron chi connectivity index (χ4n) is 4.05. The van der Waals surface area contributed by atoms with Crippen LogP contribution < -0.4 is 10.6 Å². The van der Waals surface area contributed by atoms with Crippen LogP contribution in [0.15, 0.2) is 48.5 Å². The quantitative estimate of drug-likeness (QED) is 0.487. The van der Waals surface area contributed by atoms with Crippen LogP contribution in [0.2, 0.25) is 0 Å². The maximum absolute atomic E-state index is 12.7. The average molecular weight is 471 g/mol. The predicted octanol–water partition coefficient (Wildman–Crippen LogP) is 3.87. The fraction of sp³-hybridized carbons (Fsp3) is 0.400. The summed E-state index contributed by atoms with van der Waals surface area (Å²) in [5.41, 5.74) is 4.47. The van der Waals surface area contributed by atoms with Crippen molar-refractivity contribution in [1.82, 2.24) is 10.6 Å². The highest BCUT2D eigenvalue weighted by atomic mass is 32.2. The van der Waals surface area contributed by atoms with Gasteiger partial charge in [0.25, 0.3) is 0 Å². The van der Waals surface area contributed by atoms with Gasteiger partial charge >= 0.3 is 12.1 Å². The van der Waals surface area contributed by atoms with Crippen LogP contribution in [0.4, 0.5) is 4.79 Å². The van der Waals surface area contributed by atoms with Gasteiger partial charge in [-0.3, -0.25) is 4.79 Å². The van der Waals surface area contributed by atoms with Gasteiger partial charge in [0.15, 0.2) is 0 Å². The molecule has 8 heteroatoms. The number of amides is 2. The lowest BCUT2D eigenvalue weighted by atomic mass is 9.98. The Labute approximate surface area is 198 Å². The van der Waals surface area contributed by atoms with Gasteiger partial charge in [-0.25, -0.2) is 9.59 Å². The molecule has 3 N–H and O–H groups in total. The normalized spacial score (nSPS) is 14.2. The second kappa shape index (κ2) is 11.2. The predicted molar refractivity (Wildman–Crippen MR) is 129 cm³/mol. The molecule has 1 unspecified atom stereocenters. The van der Waals surface area contributed by atoms with Gasteiger partial charge in [0.05, 0.1) is 0 Å². The molecule has 2 aromatic carbocycles. The Bertz CT molecular complexity index is 964. The number of thioether (sulfide) groups is 1. The standard InChI is InChI=1S/C25H30N2O5S/c1-15(2)22(24(29)30)27-23(28)21(12-13-33-3)26-25(31)32-14-20-18-10-6-4-8-16(18)17-9-5-7-11-19(17)20/h4-11,15,20-22H,12-14H2,1-3H3,(H,26,31)(H,27,28)(H,29,30)/t21?,22-/m1/s1. The molecule has 2 amide bonds. The Hall–Kier alpha value is -3.00. The first-order valence-electron chi connectivity index (χ1n) is 11.0. The number of rotatable bonds is 10. The molecule has 1 aliphatic carbocycles. The maximum Gasteiger partial charge on any atom is 0.407 e. The lowest BCUT2D eigenvalue weighted by molar-refractivity contribution is -0.143. The Morgan fingerprint density at radius 1 is 1.00 bits per heavy atom. The number of carboxylic acids is 1. The van der Waals surface area contributed by atoms with Crippen LogP contribution >= 0.6 is 11.8 Å². The first-order chi connectivity index (χ1) is 15.8. The zero-order valence-electron chi connectivity index (χ0n) is 19.0. The van der Waals surface area contributed by atoms with Crippen molar-refractivity contribution < 1.29 is 24.2 Å². The van der Waals surface area contributed by atoms with Crippen molar-refractivity contribution in [3.8, 4) is 11.1 Å². The average Bonchev–Trinajstić information content (AvgIpc) is 3.12. The number of alkyl carbamates (subject to hydrolysis) is 1. The molecule has 2 aromatic rings. The summed E-state index contributed by atoms with van der Waals surface area (Å²) in [5, 5.41) is 14.5. The van der Waals surface area contributed by atoms with E-state index < -0.39 is 30.1 Å². The molecule has 0 saturated carbocycles. The van der Waals surface area contributed by atoms with Crippen LogP contribution in [0, 0.1) is 5.92 Å². The number of carbonyl (C=O) groups is 3. The molecule has 0 saturated heterocycles. The fourth-order valence-corrected chi connectivity index (χ4v) is 4.53. The second-order valence-corrected chi connectivity index (χ2v) is 9.36. The number of fused-ring (bicyclic) bond motifs is 3. The summed E-state index contributed by atoms with van der Waals surface area (Å²) in [4.78, 5) is 36.8. The molecule has 2 atom stereocenters. The Morgan fingerprint density at radius 3 is 2.09 bits per heavy atom. The van der Waals surface area contributed by atoms with Crippen LogP contribution in [0.25, 0.3) is 11.1 Å². The van der Waals surface area contributed by atoms with Crippen molar-refractivity contribution in [2.24, 2.45) is 5.92 Å². The minimum atomic E-state index is -1.11. The summed E-state index contributed by atoms with van der Waals surface area (Å²) in [5.74, 6) is -1.39. The zero-order chi connectivity index (χ0) is 24.0. The van der Waals surface area contributed by atoms with E-state index in [9.17, 15) is 19.5 Å². The van der Waals surface area contributed by atoms with Gasteiger partial charge in [0, 0.05) is 5.92 Å². The highest BCUT2D eigenvalue weighted by Gasteiger charge is 2.31. The van der Waals surface area contributed by atoms with E-state index in [-0.39, 0.29) is 18.4 Å². The van der Waals surface area contributed by atoms with Gasteiger partial charge in [-0.15, -0.1) is 0 Å². The monoisotopic (exact) mass is 470 g/mol. The summed E-state index contributed by atoms with van der Waals surface area (Å²) in [7, 11) is 0. The molecule has 0 aliphatic heterocycles. The van der Waals surface area contributed by atoms with Crippen LogP contribution in [0.3, 0.4) is 0 Å². The molecular weight excluding hydrogens is 440 g/mol. The summed E-state index contributed by atoms with van der Waals surface area (Å²) in [6, 6.07) is 14.2. The Morgan fingerprint density at radius 2 is 1.58 bits per heavy atom. The topological polar surface area (TPSA) is 105 Å². The van der Waals surface area contributed by atoms with Crippen molar-refractivity contribution in [2.75, 3.05) is 18.6 Å². The smallest absolute Gasteiger partial charge is 0.407 e. The van der Waals surface area contributed by atoms with Crippen LogP contribution in [-0.4, -0.2) is 53.8 Å². The SMILES string of the molecule is CSCCC(NC(=O)OCC1c2ccccc2-c2ccccc21)C(=O)N[C@@H](C(=O)O)C(C)C. The van der Waals surface area contributed by atoms with Crippen molar-refractivity contribution in [1.29, 1.82) is 0 Å². The van der Waals surface area contributed by atoms with Crippen molar-refractivity contribution in [2.45, 2.75) is 38.3 Å². The van der Waals surface area contributed by atoms with E-state index >= 15 is 0 Å². The summed E-state index contributed by atoms with van der Waals surface area (Å²) >= 11 is 1.54. The van der Waals surface area contributed by atoms with E-state index in [0.29, 0.717) is 12.2 Å². The Kier molecular flexibility index (Phi) is 8.38. The molecule has 176 valence electrons. The number of carboxylic acid groups (broad SMARTS) is 1. The minimum absolute atomic E-state index is 0.0843. The van der Waals surface area contributed by atoms with Gasteiger partial charge < -0.3 is 20.5 Å². The summed E-state index contributed by atoms with van der Waals surface area (Å²) in [6.07, 6.45) is 1.56. The maximum atomic E-state index is 12.7. The number of hydrogen-bond acceptors (Lipinski definition) is 5. The van der Waals surface area contributed by atoms with E-state index in [1.807, 2.05) is 42.7 Å². The molecule has 1 aliphatic rings. The van der Waals surface area contributed by atoms with Crippen LogP contribution in [-0.2, 0) is 14.3 Å². The summed E-state index contributed by atoms with van der Waals surface area (Å²) < 4.78 is 5.55. The van der Waals surface area contributed by atoms with Crippen molar-refractivity contribution >= 4 is 29.7 Å². The molecule has 33 heavy (non-hydrogen) atoms. The first kappa shape index (κ1) is 24.6. The third-order valence-corrected chi connectivity index (χ3v) is 6.44. The third kappa shape index (κ3) is 5.87. The zero-order valence-corrected chi connectivity index (χ0v) is 19.9. The van der Waals surface area contributed by atoms with Gasteiger partial charge in [-0.1, -0.05) is 62.4 Å². The number of hydrogen-bond donors (Lipinski definition) is 3. The molecule has 3 rings (SSSR count). The molecule has 0 fully saturated rings. The molecule has 0 radical (unpaired) electrons. The first-order valence-corrected chi connectivity index (χ1v) is 12.4. The number of carbonyl (C=O) groups excluding carboxylic acids is 2. The minimum Gasteiger partial charge on any atom is -0.480 e. The largest absolute Gasteiger partial charge is 0.480 e. The molecule has 0 heterocycles. The number of aliphatic carboxylic acids is 1. The van der Waals surface area contributed by atoms with E-state index in [0.717, 1.165) is 22.3 Å². The van der Waals surface area contributed by atoms with Gasteiger partial charge in [-0.05, 0) is 46.6 Å². The highest BCUT2D eigenvalue weighted by Crippen LogP contribution is 2.44. The molecule has 7 nitrogen and oxygen atoms in total. The van der Waals surface area contributed by atoms with Crippen LogP contribution in [0.1, 0.15) is 37.3 Å². The molecule has 0 aromatic heterocycles. The molecular formula is C25H30N2O5S. The second-order valence-electron chi connectivity index (χ2n) is 8.37. The van der Waals surface area contributed by atoms with Gasteiger partial charge in [0.2, 0.25) is 5.91 Å². The highest BCUT2D eigenvalue weighted by molar-refractivity contribution is 7.98. The lowest BCUT2D eigenvalue weighted by Gasteiger charge is -2.23. The number of ether oxygens (including phenoxy) is 1. The van der Waals surface area contributed by atoms with E-state index in [1.165, 1.54) is 11.8 Å². The van der Waals surface area contributed by atoms with Gasteiger partial charge in [0.1, 0.15) is 18.7 Å². The molecule has 0 bridgehead atoms. The van der Waals surface area contributed by atoms with Gasteiger partial charge in [-0.2, -0.15) is 11.8 Å². The Balaban J connectivity index is 1.66. The third-order valence-electron chi connectivity index (χ3n) is 5.79. The van der Waals surface area contributed by atoms with Crippen LogP contribution in [0.5, 0.6) is 0 Å². The number of benzene rings is 2. The van der Waals surface area contributed by atoms with Crippen molar-refractivity contribution in [3.63, 3.8) is 0 Å². The van der Waals surface area contributed by atoms with E-state index in [1.54, 1.807) is 13.8 Å². The summed E-state index contributed by atoms with van der Waals surface area (Å²) in [6.45, 7) is 3.57. The lowest BCUT2D eigenvalue weighted by Crippen LogP contribution is -2.53.